The number of benzene rings is 1. The summed E-state index contributed by atoms with van der Waals surface area (Å²) >= 11 is 0. The molecule has 1 amide bonds. The van der Waals surface area contributed by atoms with Gasteiger partial charge in [-0.25, -0.2) is 0 Å². The average Bonchev–Trinajstić information content (AvgIpc) is 3.22. The molecule has 2 aromatic rings. The molecule has 2 atom stereocenters. The van der Waals surface area contributed by atoms with E-state index in [1.165, 1.54) is 24.1 Å². The molecule has 2 aliphatic rings. The van der Waals surface area contributed by atoms with Crippen LogP contribution in [0.4, 0.5) is 0 Å². The molecule has 0 unspecified atom stereocenters. The van der Waals surface area contributed by atoms with E-state index in [4.69, 9.17) is 10.8 Å². The lowest BCUT2D eigenvalue weighted by atomic mass is 9.95. The molecule has 1 aromatic heterocycles. The number of nitrogens with zero attached hydrogens (tertiary/aromatic N) is 3. The molecule has 2 fully saturated rings. The van der Waals surface area contributed by atoms with Crippen LogP contribution in [0, 0.1) is 0 Å². The number of amides is 1. The van der Waals surface area contributed by atoms with Crippen LogP contribution in [0.3, 0.4) is 0 Å². The third kappa shape index (κ3) is 3.90. The normalized spacial score (nSPS) is 22.6. The Bertz CT molecular complexity index is 807. The Morgan fingerprint density at radius 2 is 1.81 bits per heavy atom. The molecule has 1 aromatic carbocycles. The van der Waals surface area contributed by atoms with Gasteiger partial charge in [0.2, 0.25) is 0 Å². The molecule has 6 heteroatoms. The molecule has 1 saturated heterocycles. The van der Waals surface area contributed by atoms with Crippen LogP contribution in [0.5, 0.6) is 0 Å². The molecular weight excluding hydrogens is 360 g/mol. The summed E-state index contributed by atoms with van der Waals surface area (Å²) in [5, 5.41) is 4.69. The Balaban J connectivity index is 0.00000210. The minimum absolute atomic E-state index is 0. The Labute approximate surface area is 167 Å². The molecule has 0 radical (unpaired) electrons. The fourth-order valence-corrected chi connectivity index (χ4v) is 3.92. The largest absolute Gasteiger partial charge is 0.335 e. The standard InChI is InChI=1S/C21H28N4O.ClH/c1-21(2,3)25-19(15-9-10-15)11-18(23-25)20(26)24-12-16(17(22)13-24)14-7-5-4-6-8-14;/h4-8,11,15-17H,9-10,12-13,22H2,1-3H3;1H/t16-,17+;/m0./s1. The highest BCUT2D eigenvalue weighted by atomic mass is 35.5. The monoisotopic (exact) mass is 388 g/mol. The van der Waals surface area contributed by atoms with Gasteiger partial charge in [0.1, 0.15) is 0 Å². The van der Waals surface area contributed by atoms with Crippen LogP contribution in [0.15, 0.2) is 36.4 Å². The van der Waals surface area contributed by atoms with Crippen LogP contribution in [-0.4, -0.2) is 39.7 Å². The van der Waals surface area contributed by atoms with Gasteiger partial charge in [-0.2, -0.15) is 5.10 Å². The first-order valence-corrected chi connectivity index (χ1v) is 9.55. The van der Waals surface area contributed by atoms with Gasteiger partial charge in [-0.05, 0) is 45.2 Å². The van der Waals surface area contributed by atoms with Crippen LogP contribution >= 0.6 is 12.4 Å². The number of carbonyl (C=O) groups excluding carboxylic acids is 1. The Morgan fingerprint density at radius 1 is 1.15 bits per heavy atom. The van der Waals surface area contributed by atoms with Crippen molar-refractivity contribution in [1.82, 2.24) is 14.7 Å². The lowest BCUT2D eigenvalue weighted by molar-refractivity contribution is 0.0781. The number of aromatic nitrogens is 2. The van der Waals surface area contributed by atoms with Crippen molar-refractivity contribution in [2.75, 3.05) is 13.1 Å². The van der Waals surface area contributed by atoms with E-state index in [1.54, 1.807) is 0 Å². The van der Waals surface area contributed by atoms with Gasteiger partial charge in [0.25, 0.3) is 5.91 Å². The van der Waals surface area contributed by atoms with Crippen molar-refractivity contribution < 1.29 is 4.79 Å². The summed E-state index contributed by atoms with van der Waals surface area (Å²) in [6.45, 7) is 7.65. The number of likely N-dealkylation sites (tertiary alicyclic amines) is 1. The second-order valence-corrected chi connectivity index (χ2v) is 8.70. The third-order valence-electron chi connectivity index (χ3n) is 5.47. The predicted octanol–water partition coefficient (Wildman–Crippen LogP) is 3.50. The Hall–Kier alpha value is -1.85. The van der Waals surface area contributed by atoms with E-state index in [9.17, 15) is 4.79 Å². The lowest BCUT2D eigenvalue weighted by Gasteiger charge is -2.22. The predicted molar refractivity (Wildman–Crippen MR) is 110 cm³/mol. The van der Waals surface area contributed by atoms with Gasteiger partial charge in [-0.15, -0.1) is 12.4 Å². The zero-order valence-electron chi connectivity index (χ0n) is 16.3. The molecule has 146 valence electrons. The van der Waals surface area contributed by atoms with Crippen molar-refractivity contribution in [1.29, 1.82) is 0 Å². The molecule has 5 nitrogen and oxygen atoms in total. The second-order valence-electron chi connectivity index (χ2n) is 8.70. The van der Waals surface area contributed by atoms with Crippen LogP contribution in [0.25, 0.3) is 0 Å². The van der Waals surface area contributed by atoms with E-state index in [2.05, 4.69) is 32.9 Å². The fourth-order valence-electron chi connectivity index (χ4n) is 3.92. The summed E-state index contributed by atoms with van der Waals surface area (Å²) in [7, 11) is 0. The van der Waals surface area contributed by atoms with Crippen LogP contribution in [0.1, 0.15) is 67.2 Å². The molecule has 1 saturated carbocycles. The maximum absolute atomic E-state index is 13.1. The molecule has 2 heterocycles. The van der Waals surface area contributed by atoms with Gasteiger partial charge in [0.05, 0.1) is 5.54 Å². The molecule has 1 aliphatic heterocycles. The third-order valence-corrected chi connectivity index (χ3v) is 5.47. The quantitative estimate of drug-likeness (QED) is 0.875. The number of rotatable bonds is 3. The Kier molecular flexibility index (Phi) is 5.37. The van der Waals surface area contributed by atoms with Gasteiger partial charge in [0.15, 0.2) is 5.69 Å². The van der Waals surface area contributed by atoms with Gasteiger partial charge in [0, 0.05) is 36.7 Å². The Morgan fingerprint density at radius 3 is 2.41 bits per heavy atom. The zero-order valence-corrected chi connectivity index (χ0v) is 17.1. The van der Waals surface area contributed by atoms with Gasteiger partial charge in [-0.1, -0.05) is 30.3 Å². The number of hydrogen-bond acceptors (Lipinski definition) is 3. The highest BCUT2D eigenvalue weighted by Crippen LogP contribution is 2.42. The minimum atomic E-state index is -0.121. The first-order chi connectivity index (χ1) is 12.3. The van der Waals surface area contributed by atoms with E-state index in [0.717, 1.165) is 0 Å². The smallest absolute Gasteiger partial charge is 0.274 e. The van der Waals surface area contributed by atoms with Crippen molar-refractivity contribution in [3.05, 3.63) is 53.3 Å². The number of hydrogen-bond donors (Lipinski definition) is 1. The summed E-state index contributed by atoms with van der Waals surface area (Å²) in [5.74, 6) is 0.748. The van der Waals surface area contributed by atoms with Crippen LogP contribution in [-0.2, 0) is 5.54 Å². The van der Waals surface area contributed by atoms with Crippen LogP contribution in [0.2, 0.25) is 0 Å². The van der Waals surface area contributed by atoms with Crippen molar-refractivity contribution >= 4 is 18.3 Å². The van der Waals surface area contributed by atoms with Gasteiger partial charge >= 0.3 is 0 Å². The fraction of sp³-hybridized carbons (Fsp3) is 0.524. The number of halogens is 1. The molecular formula is C21H29ClN4O. The van der Waals surface area contributed by atoms with Crippen LogP contribution < -0.4 is 5.73 Å². The molecule has 1 aliphatic carbocycles. The summed E-state index contributed by atoms with van der Waals surface area (Å²) in [6.07, 6.45) is 2.39. The molecule has 27 heavy (non-hydrogen) atoms. The van der Waals surface area contributed by atoms with E-state index in [0.29, 0.717) is 24.7 Å². The van der Waals surface area contributed by atoms with E-state index in [1.807, 2.05) is 33.8 Å². The summed E-state index contributed by atoms with van der Waals surface area (Å²) in [5.41, 5.74) is 9.20. The minimum Gasteiger partial charge on any atom is -0.335 e. The SMILES string of the molecule is CC(C)(C)n1nc(C(=O)N2C[C@@H](N)[C@H](c3ccccc3)C2)cc1C1CC1.Cl. The number of carbonyl (C=O) groups is 1. The summed E-state index contributed by atoms with van der Waals surface area (Å²) < 4.78 is 2.04. The zero-order chi connectivity index (χ0) is 18.5. The molecule has 0 spiro atoms. The maximum atomic E-state index is 13.1. The van der Waals surface area contributed by atoms with Crippen molar-refractivity contribution in [3.8, 4) is 0 Å². The average molecular weight is 389 g/mol. The second kappa shape index (κ2) is 7.28. The molecule has 2 N–H and O–H groups in total. The van der Waals surface area contributed by atoms with Crippen molar-refractivity contribution in [2.24, 2.45) is 5.73 Å². The lowest BCUT2D eigenvalue weighted by Crippen LogP contribution is -2.33. The van der Waals surface area contributed by atoms with Crippen molar-refractivity contribution in [3.63, 3.8) is 0 Å². The summed E-state index contributed by atoms with van der Waals surface area (Å²) in [6, 6.07) is 12.2. The van der Waals surface area contributed by atoms with E-state index in [-0.39, 0.29) is 35.8 Å². The molecule has 4 rings (SSSR count). The highest BCUT2D eigenvalue weighted by molar-refractivity contribution is 5.92. The van der Waals surface area contributed by atoms with Gasteiger partial charge in [-0.3, -0.25) is 9.48 Å². The van der Waals surface area contributed by atoms with Gasteiger partial charge < -0.3 is 10.6 Å². The first-order valence-electron chi connectivity index (χ1n) is 9.55. The highest BCUT2D eigenvalue weighted by Gasteiger charge is 2.37. The first kappa shape index (κ1) is 19.9. The number of nitrogens with two attached hydrogens (primary N) is 1. The van der Waals surface area contributed by atoms with E-state index >= 15 is 0 Å². The summed E-state index contributed by atoms with van der Waals surface area (Å²) in [4.78, 5) is 15.0. The van der Waals surface area contributed by atoms with E-state index < -0.39 is 0 Å². The topological polar surface area (TPSA) is 64.2 Å². The molecule has 0 bridgehead atoms. The maximum Gasteiger partial charge on any atom is 0.274 e. The van der Waals surface area contributed by atoms with Crippen molar-refractivity contribution in [2.45, 2.75) is 57.0 Å².